The lowest BCUT2D eigenvalue weighted by Crippen LogP contribution is -2.26. The number of hydrogen-bond donors (Lipinski definition) is 2. The van der Waals surface area contributed by atoms with Gasteiger partial charge in [0, 0.05) is 17.6 Å². The van der Waals surface area contributed by atoms with E-state index in [4.69, 9.17) is 23.2 Å². The van der Waals surface area contributed by atoms with E-state index < -0.39 is 0 Å². The van der Waals surface area contributed by atoms with E-state index in [1.807, 2.05) is 0 Å². The molecule has 0 saturated carbocycles. The molecule has 0 saturated heterocycles. The lowest BCUT2D eigenvalue weighted by Gasteiger charge is -2.10. The summed E-state index contributed by atoms with van der Waals surface area (Å²) in [6, 6.07) is 6.64. The van der Waals surface area contributed by atoms with E-state index in [1.54, 1.807) is 24.3 Å². The normalized spacial score (nSPS) is 10.7. The SMILES string of the molecule is CC(C)CCNC(=O)c1cc(Nc2cc(Cl)ccc2Cl)ncn1. The minimum atomic E-state index is -0.228. The van der Waals surface area contributed by atoms with Crippen molar-refractivity contribution in [2.45, 2.75) is 20.3 Å². The van der Waals surface area contributed by atoms with Crippen molar-refractivity contribution in [3.8, 4) is 0 Å². The standard InChI is InChI=1S/C16H18Cl2N4O/c1-10(2)5-6-19-16(23)14-8-15(21-9-20-14)22-13-7-11(17)3-4-12(13)18/h3-4,7-10H,5-6H2,1-2H3,(H,19,23)(H,20,21,22). The lowest BCUT2D eigenvalue weighted by molar-refractivity contribution is 0.0947. The Morgan fingerprint density at radius 1 is 1.22 bits per heavy atom. The average molecular weight is 353 g/mol. The van der Waals surface area contributed by atoms with Crippen LogP contribution in [-0.4, -0.2) is 22.4 Å². The van der Waals surface area contributed by atoms with E-state index >= 15 is 0 Å². The third-order valence-electron chi connectivity index (χ3n) is 3.10. The molecule has 0 aliphatic heterocycles. The monoisotopic (exact) mass is 352 g/mol. The fraction of sp³-hybridized carbons (Fsp3) is 0.312. The third kappa shape index (κ3) is 5.37. The summed E-state index contributed by atoms with van der Waals surface area (Å²) in [7, 11) is 0. The Bertz CT molecular complexity index is 692. The highest BCUT2D eigenvalue weighted by atomic mass is 35.5. The molecule has 0 atom stereocenters. The van der Waals surface area contributed by atoms with Crippen LogP contribution in [0.25, 0.3) is 0 Å². The summed E-state index contributed by atoms with van der Waals surface area (Å²) in [6.45, 7) is 4.82. The van der Waals surface area contributed by atoms with Gasteiger partial charge >= 0.3 is 0 Å². The molecule has 1 amide bonds. The Hall–Kier alpha value is -1.85. The van der Waals surface area contributed by atoms with Crippen molar-refractivity contribution < 1.29 is 4.79 Å². The van der Waals surface area contributed by atoms with E-state index in [2.05, 4.69) is 34.4 Å². The summed E-state index contributed by atoms with van der Waals surface area (Å²) >= 11 is 12.1. The maximum atomic E-state index is 12.1. The maximum absolute atomic E-state index is 12.1. The lowest BCUT2D eigenvalue weighted by atomic mass is 10.1. The number of hydrogen-bond acceptors (Lipinski definition) is 4. The molecule has 0 radical (unpaired) electrons. The number of nitrogens with zero attached hydrogens (tertiary/aromatic N) is 2. The van der Waals surface area contributed by atoms with Gasteiger partial charge in [0.05, 0.1) is 10.7 Å². The molecule has 0 aliphatic rings. The molecule has 0 aliphatic carbocycles. The second-order valence-electron chi connectivity index (χ2n) is 5.48. The van der Waals surface area contributed by atoms with Gasteiger partial charge in [-0.25, -0.2) is 9.97 Å². The first kappa shape index (κ1) is 17.5. The van der Waals surface area contributed by atoms with Gasteiger partial charge in [-0.05, 0) is 30.5 Å². The molecule has 1 aromatic carbocycles. The van der Waals surface area contributed by atoms with Crippen LogP contribution < -0.4 is 10.6 Å². The van der Waals surface area contributed by atoms with Crippen LogP contribution in [-0.2, 0) is 0 Å². The second-order valence-corrected chi connectivity index (χ2v) is 6.32. The summed E-state index contributed by atoms with van der Waals surface area (Å²) in [5.41, 5.74) is 0.911. The van der Waals surface area contributed by atoms with Crippen molar-refractivity contribution in [1.29, 1.82) is 0 Å². The number of anilines is 2. The second kappa shape index (κ2) is 8.13. The average Bonchev–Trinajstić information content (AvgIpc) is 2.51. The molecule has 2 rings (SSSR count). The number of carbonyl (C=O) groups is 1. The summed E-state index contributed by atoms with van der Waals surface area (Å²) in [4.78, 5) is 20.2. The predicted octanol–water partition coefficient (Wildman–Crippen LogP) is 4.30. The van der Waals surface area contributed by atoms with E-state index in [9.17, 15) is 4.79 Å². The van der Waals surface area contributed by atoms with E-state index in [1.165, 1.54) is 6.33 Å². The van der Waals surface area contributed by atoms with Crippen molar-refractivity contribution in [2.75, 3.05) is 11.9 Å². The van der Waals surface area contributed by atoms with Gasteiger partial charge in [-0.3, -0.25) is 4.79 Å². The first-order valence-corrected chi connectivity index (χ1v) is 8.03. The smallest absolute Gasteiger partial charge is 0.270 e. The largest absolute Gasteiger partial charge is 0.351 e. The Kier molecular flexibility index (Phi) is 6.19. The van der Waals surface area contributed by atoms with Gasteiger partial charge in [-0.1, -0.05) is 37.0 Å². The molecular formula is C16H18Cl2N4O. The minimum Gasteiger partial charge on any atom is -0.351 e. The zero-order chi connectivity index (χ0) is 16.8. The van der Waals surface area contributed by atoms with Crippen LogP contribution in [0.3, 0.4) is 0 Å². The molecule has 7 heteroatoms. The molecule has 0 bridgehead atoms. The number of rotatable bonds is 6. The molecule has 0 fully saturated rings. The van der Waals surface area contributed by atoms with Crippen molar-refractivity contribution in [3.05, 3.63) is 46.3 Å². The molecule has 2 aromatic rings. The van der Waals surface area contributed by atoms with Gasteiger partial charge < -0.3 is 10.6 Å². The Morgan fingerprint density at radius 2 is 2.00 bits per heavy atom. The molecule has 122 valence electrons. The summed E-state index contributed by atoms with van der Waals surface area (Å²) in [5.74, 6) is 0.773. The zero-order valence-corrected chi connectivity index (χ0v) is 14.4. The first-order chi connectivity index (χ1) is 11.0. The highest BCUT2D eigenvalue weighted by molar-refractivity contribution is 6.35. The number of aromatic nitrogens is 2. The Morgan fingerprint density at radius 3 is 2.74 bits per heavy atom. The van der Waals surface area contributed by atoms with Crippen molar-refractivity contribution >= 4 is 40.6 Å². The summed E-state index contributed by atoms with van der Waals surface area (Å²) in [6.07, 6.45) is 2.25. The van der Waals surface area contributed by atoms with Gasteiger partial charge in [0.15, 0.2) is 0 Å². The van der Waals surface area contributed by atoms with Crippen LogP contribution in [0.5, 0.6) is 0 Å². The minimum absolute atomic E-state index is 0.228. The fourth-order valence-corrected chi connectivity index (χ4v) is 2.18. The molecular weight excluding hydrogens is 335 g/mol. The molecule has 0 unspecified atom stereocenters. The van der Waals surface area contributed by atoms with Gasteiger partial charge in [0.2, 0.25) is 0 Å². The van der Waals surface area contributed by atoms with Crippen LogP contribution in [0.4, 0.5) is 11.5 Å². The third-order valence-corrected chi connectivity index (χ3v) is 3.66. The van der Waals surface area contributed by atoms with E-state index in [0.717, 1.165) is 6.42 Å². The van der Waals surface area contributed by atoms with Gasteiger partial charge in [0.25, 0.3) is 5.91 Å². The predicted molar refractivity (Wildman–Crippen MR) is 93.6 cm³/mol. The van der Waals surface area contributed by atoms with Crippen LogP contribution >= 0.6 is 23.2 Å². The zero-order valence-electron chi connectivity index (χ0n) is 12.9. The van der Waals surface area contributed by atoms with Crippen molar-refractivity contribution in [3.63, 3.8) is 0 Å². The van der Waals surface area contributed by atoms with Gasteiger partial charge in [-0.15, -0.1) is 0 Å². The Labute approximate surface area is 145 Å². The maximum Gasteiger partial charge on any atom is 0.270 e. The topological polar surface area (TPSA) is 66.9 Å². The Balaban J connectivity index is 2.07. The van der Waals surface area contributed by atoms with E-state index in [0.29, 0.717) is 39.7 Å². The van der Waals surface area contributed by atoms with Gasteiger partial charge in [-0.2, -0.15) is 0 Å². The summed E-state index contributed by atoms with van der Waals surface area (Å²) < 4.78 is 0. The molecule has 1 aromatic heterocycles. The molecule has 1 heterocycles. The van der Waals surface area contributed by atoms with Crippen molar-refractivity contribution in [2.24, 2.45) is 5.92 Å². The number of halogens is 2. The molecule has 2 N–H and O–H groups in total. The number of nitrogens with one attached hydrogen (secondary N) is 2. The van der Waals surface area contributed by atoms with Crippen LogP contribution in [0.2, 0.25) is 10.0 Å². The molecule has 0 spiro atoms. The quantitative estimate of drug-likeness (QED) is 0.812. The van der Waals surface area contributed by atoms with Crippen molar-refractivity contribution in [1.82, 2.24) is 15.3 Å². The number of benzene rings is 1. The van der Waals surface area contributed by atoms with Crippen LogP contribution in [0.15, 0.2) is 30.6 Å². The highest BCUT2D eigenvalue weighted by Gasteiger charge is 2.10. The van der Waals surface area contributed by atoms with E-state index in [-0.39, 0.29) is 5.91 Å². The number of amides is 1. The fourth-order valence-electron chi connectivity index (χ4n) is 1.85. The first-order valence-electron chi connectivity index (χ1n) is 7.28. The van der Waals surface area contributed by atoms with Gasteiger partial charge in [0.1, 0.15) is 17.8 Å². The molecule has 23 heavy (non-hydrogen) atoms. The highest BCUT2D eigenvalue weighted by Crippen LogP contribution is 2.27. The number of carbonyl (C=O) groups excluding carboxylic acids is 1. The molecule has 5 nitrogen and oxygen atoms in total. The summed E-state index contributed by atoms with van der Waals surface area (Å²) in [5, 5.41) is 6.94. The van der Waals surface area contributed by atoms with Crippen LogP contribution in [0, 0.1) is 5.92 Å². The van der Waals surface area contributed by atoms with Crippen LogP contribution in [0.1, 0.15) is 30.8 Å².